The van der Waals surface area contributed by atoms with Crippen molar-refractivity contribution in [1.82, 2.24) is 0 Å². The van der Waals surface area contributed by atoms with Gasteiger partial charge in [-0.1, -0.05) is 34.2 Å². The molecule has 0 bridgehead atoms. The van der Waals surface area contributed by atoms with Gasteiger partial charge >= 0.3 is 6.18 Å². The number of alkyl halides is 3. The zero-order chi connectivity index (χ0) is 8.48. The summed E-state index contributed by atoms with van der Waals surface area (Å²) in [4.78, 5) is 0. The van der Waals surface area contributed by atoms with Crippen LogP contribution >= 0.6 is 15.9 Å². The van der Waals surface area contributed by atoms with E-state index in [1.807, 2.05) is 0 Å². The summed E-state index contributed by atoms with van der Waals surface area (Å²) < 4.78 is 36.6. The summed E-state index contributed by atoms with van der Waals surface area (Å²) in [6.07, 6.45) is 0.0746. The summed E-state index contributed by atoms with van der Waals surface area (Å²) in [5.41, 5.74) is 0. The highest BCUT2D eigenvalue weighted by Gasteiger charge is 2.37. The van der Waals surface area contributed by atoms with Crippen LogP contribution in [0.2, 0.25) is 0 Å². The van der Waals surface area contributed by atoms with Crippen LogP contribution in [0, 0.1) is 5.92 Å². The Balaban J connectivity index is 2.63. The van der Waals surface area contributed by atoms with E-state index in [-0.39, 0.29) is 6.42 Å². The number of rotatable bonds is 0. The Hall–Kier alpha value is -0.250. The Bertz CT molecular complexity index is 202. The van der Waals surface area contributed by atoms with E-state index in [9.17, 15) is 13.2 Å². The molecule has 0 spiro atoms. The SMILES string of the molecule is FC(F)(F)[C@@H]1C=CC(Br)=CC1. The summed E-state index contributed by atoms with van der Waals surface area (Å²) >= 11 is 3.09. The van der Waals surface area contributed by atoms with Gasteiger partial charge in [0.2, 0.25) is 0 Å². The van der Waals surface area contributed by atoms with Gasteiger partial charge in [-0.15, -0.1) is 0 Å². The zero-order valence-corrected chi connectivity index (χ0v) is 7.11. The summed E-state index contributed by atoms with van der Waals surface area (Å²) in [5.74, 6) is -1.30. The van der Waals surface area contributed by atoms with Crippen LogP contribution in [0.5, 0.6) is 0 Å². The third kappa shape index (κ3) is 2.36. The van der Waals surface area contributed by atoms with Gasteiger partial charge in [-0.3, -0.25) is 0 Å². The minimum atomic E-state index is -4.10. The highest BCUT2D eigenvalue weighted by Crippen LogP contribution is 2.33. The minimum absolute atomic E-state index is 0.0422. The fourth-order valence-corrected chi connectivity index (χ4v) is 1.18. The largest absolute Gasteiger partial charge is 0.395 e. The van der Waals surface area contributed by atoms with Crippen LogP contribution in [0.3, 0.4) is 0 Å². The molecule has 1 atom stereocenters. The Labute approximate surface area is 70.9 Å². The molecule has 0 heterocycles. The van der Waals surface area contributed by atoms with E-state index in [0.717, 1.165) is 4.48 Å². The molecule has 0 radical (unpaired) electrons. The average Bonchev–Trinajstić information content (AvgIpc) is 1.86. The smallest absolute Gasteiger partial charge is 0.170 e. The van der Waals surface area contributed by atoms with Crippen molar-refractivity contribution in [3.63, 3.8) is 0 Å². The normalized spacial score (nSPS) is 25.1. The zero-order valence-electron chi connectivity index (χ0n) is 5.53. The second-order valence-electron chi connectivity index (χ2n) is 2.33. The van der Waals surface area contributed by atoms with Crippen LogP contribution < -0.4 is 0 Å². The lowest BCUT2D eigenvalue weighted by molar-refractivity contribution is -0.160. The quantitative estimate of drug-likeness (QED) is 0.594. The topological polar surface area (TPSA) is 0 Å². The molecule has 1 rings (SSSR count). The van der Waals surface area contributed by atoms with E-state index < -0.39 is 12.1 Å². The standard InChI is InChI=1S/C7H6BrF3/c8-6-3-1-5(2-4-6)7(9,10)11/h1,3-5H,2H2/t5-/m1/s1. The first-order chi connectivity index (χ1) is 5.00. The molecule has 0 N–H and O–H groups in total. The molecule has 1 aliphatic rings. The number of allylic oxidation sites excluding steroid dienone is 4. The third-order valence-corrected chi connectivity index (χ3v) is 2.06. The fourth-order valence-electron chi connectivity index (χ4n) is 0.837. The lowest BCUT2D eigenvalue weighted by Crippen LogP contribution is -2.21. The second-order valence-corrected chi connectivity index (χ2v) is 3.25. The molecule has 0 aliphatic heterocycles. The Kier molecular flexibility index (Phi) is 2.42. The minimum Gasteiger partial charge on any atom is -0.170 e. The number of hydrogen-bond acceptors (Lipinski definition) is 0. The molecule has 0 fully saturated rings. The maximum atomic E-state index is 12.0. The van der Waals surface area contributed by atoms with Gasteiger partial charge in [0.05, 0.1) is 5.92 Å². The molecule has 11 heavy (non-hydrogen) atoms. The van der Waals surface area contributed by atoms with Crippen molar-refractivity contribution in [2.45, 2.75) is 12.6 Å². The van der Waals surface area contributed by atoms with E-state index in [1.165, 1.54) is 18.2 Å². The van der Waals surface area contributed by atoms with Gasteiger partial charge in [-0.25, -0.2) is 0 Å². The van der Waals surface area contributed by atoms with E-state index in [0.29, 0.717) is 0 Å². The van der Waals surface area contributed by atoms with Gasteiger partial charge in [-0.2, -0.15) is 13.2 Å². The van der Waals surface area contributed by atoms with Crippen LogP contribution in [0.15, 0.2) is 22.7 Å². The molecule has 4 heteroatoms. The molecule has 0 nitrogen and oxygen atoms in total. The van der Waals surface area contributed by atoms with E-state index in [1.54, 1.807) is 0 Å². The molecule has 0 aromatic heterocycles. The highest BCUT2D eigenvalue weighted by atomic mass is 79.9. The molecule has 0 saturated heterocycles. The van der Waals surface area contributed by atoms with Gasteiger partial charge < -0.3 is 0 Å². The first-order valence-corrected chi connectivity index (χ1v) is 3.90. The predicted octanol–water partition coefficient (Wildman–Crippen LogP) is 3.40. The van der Waals surface area contributed by atoms with Crippen LogP contribution in [-0.4, -0.2) is 6.18 Å². The Morgan fingerprint density at radius 3 is 2.45 bits per heavy atom. The third-order valence-electron chi connectivity index (χ3n) is 1.47. The van der Waals surface area contributed by atoms with E-state index >= 15 is 0 Å². The number of halogens is 4. The second kappa shape index (κ2) is 3.01. The monoisotopic (exact) mass is 226 g/mol. The van der Waals surface area contributed by atoms with Crippen molar-refractivity contribution in [3.05, 3.63) is 22.7 Å². The molecule has 0 aromatic rings. The van der Waals surface area contributed by atoms with E-state index in [4.69, 9.17) is 0 Å². The molecular formula is C7H6BrF3. The van der Waals surface area contributed by atoms with Crippen LogP contribution in [0.4, 0.5) is 13.2 Å². The average molecular weight is 227 g/mol. The molecule has 0 saturated carbocycles. The molecular weight excluding hydrogens is 221 g/mol. The van der Waals surface area contributed by atoms with Crippen molar-refractivity contribution < 1.29 is 13.2 Å². The fraction of sp³-hybridized carbons (Fsp3) is 0.429. The van der Waals surface area contributed by atoms with Crippen molar-refractivity contribution in [2.24, 2.45) is 5.92 Å². The summed E-state index contributed by atoms with van der Waals surface area (Å²) in [5, 5.41) is 0. The molecule has 0 aromatic carbocycles. The predicted molar refractivity (Wildman–Crippen MR) is 40.3 cm³/mol. The van der Waals surface area contributed by atoms with E-state index in [2.05, 4.69) is 15.9 Å². The Morgan fingerprint density at radius 1 is 1.45 bits per heavy atom. The van der Waals surface area contributed by atoms with Gasteiger partial charge in [0, 0.05) is 4.48 Å². The molecule has 0 unspecified atom stereocenters. The lowest BCUT2D eigenvalue weighted by atomic mass is 10.0. The Morgan fingerprint density at radius 2 is 2.09 bits per heavy atom. The first kappa shape index (κ1) is 8.84. The molecule has 62 valence electrons. The van der Waals surface area contributed by atoms with Crippen molar-refractivity contribution in [3.8, 4) is 0 Å². The van der Waals surface area contributed by atoms with Gasteiger partial charge in [0.1, 0.15) is 0 Å². The van der Waals surface area contributed by atoms with Crippen LogP contribution in [0.25, 0.3) is 0 Å². The summed E-state index contributed by atoms with van der Waals surface area (Å²) in [6, 6.07) is 0. The maximum absolute atomic E-state index is 12.0. The van der Waals surface area contributed by atoms with Crippen LogP contribution in [0.1, 0.15) is 6.42 Å². The van der Waals surface area contributed by atoms with Crippen molar-refractivity contribution in [2.75, 3.05) is 0 Å². The lowest BCUT2D eigenvalue weighted by Gasteiger charge is -2.17. The van der Waals surface area contributed by atoms with Crippen LogP contribution in [-0.2, 0) is 0 Å². The van der Waals surface area contributed by atoms with Gasteiger partial charge in [0.15, 0.2) is 0 Å². The molecule has 0 amide bonds. The summed E-state index contributed by atoms with van der Waals surface area (Å²) in [7, 11) is 0. The highest BCUT2D eigenvalue weighted by molar-refractivity contribution is 9.11. The maximum Gasteiger partial charge on any atom is 0.395 e. The van der Waals surface area contributed by atoms with Crippen molar-refractivity contribution >= 4 is 15.9 Å². The van der Waals surface area contributed by atoms with Gasteiger partial charge in [-0.05, 0) is 6.42 Å². The van der Waals surface area contributed by atoms with Gasteiger partial charge in [0.25, 0.3) is 0 Å². The molecule has 1 aliphatic carbocycles. The summed E-state index contributed by atoms with van der Waals surface area (Å²) in [6.45, 7) is 0. The number of hydrogen-bond donors (Lipinski definition) is 0. The first-order valence-electron chi connectivity index (χ1n) is 3.11. The van der Waals surface area contributed by atoms with Crippen molar-refractivity contribution in [1.29, 1.82) is 0 Å².